The van der Waals surface area contributed by atoms with E-state index in [0.717, 1.165) is 16.7 Å². The van der Waals surface area contributed by atoms with Gasteiger partial charge in [0.2, 0.25) is 10.0 Å². The highest BCUT2D eigenvalue weighted by Gasteiger charge is 2.27. The Labute approximate surface area is 138 Å². The molecule has 1 unspecified atom stereocenters. The van der Waals surface area contributed by atoms with Crippen molar-refractivity contribution < 1.29 is 17.2 Å². The van der Waals surface area contributed by atoms with E-state index in [1.807, 2.05) is 0 Å². The normalized spacial score (nSPS) is 17.8. The fraction of sp³-hybridized carbons (Fsp3) is 0.250. The average molecular weight is 355 g/mol. The number of benzene rings is 2. The lowest BCUT2D eigenvalue weighted by molar-refractivity contribution is 0.540. The Hall–Kier alpha value is -1.44. The predicted molar refractivity (Wildman–Crippen MR) is 85.9 cm³/mol. The van der Waals surface area contributed by atoms with E-state index < -0.39 is 27.7 Å². The quantitative estimate of drug-likeness (QED) is 0.911. The van der Waals surface area contributed by atoms with Gasteiger partial charge in [0, 0.05) is 10.9 Å². The number of aryl methyl sites for hydroxylation is 1. The summed E-state index contributed by atoms with van der Waals surface area (Å²) < 4.78 is 54.5. The first-order chi connectivity index (χ1) is 10.9. The number of nitrogens with one attached hydrogen (secondary N) is 1. The topological polar surface area (TPSA) is 46.2 Å². The first-order valence-electron chi connectivity index (χ1n) is 7.07. The third-order valence-electron chi connectivity index (χ3n) is 3.74. The monoisotopic (exact) mass is 355 g/mol. The Morgan fingerprint density at radius 3 is 2.57 bits per heavy atom. The van der Waals surface area contributed by atoms with E-state index in [-0.39, 0.29) is 4.90 Å². The maximum Gasteiger partial charge on any atom is 0.241 e. The molecule has 122 valence electrons. The molecule has 0 radical (unpaired) electrons. The van der Waals surface area contributed by atoms with Crippen molar-refractivity contribution in [3.8, 4) is 0 Å². The van der Waals surface area contributed by atoms with Crippen molar-refractivity contribution in [1.82, 2.24) is 4.72 Å². The molecule has 1 heterocycles. The number of hydrogen-bond donors (Lipinski definition) is 1. The van der Waals surface area contributed by atoms with E-state index in [4.69, 9.17) is 0 Å². The summed E-state index contributed by atoms with van der Waals surface area (Å²) in [7, 11) is -3.81. The molecule has 7 heteroatoms. The summed E-state index contributed by atoms with van der Waals surface area (Å²) in [5, 5.41) is 0. The third kappa shape index (κ3) is 3.41. The number of hydrogen-bond acceptors (Lipinski definition) is 3. The minimum atomic E-state index is -3.81. The molecular weight excluding hydrogens is 340 g/mol. The summed E-state index contributed by atoms with van der Waals surface area (Å²) >= 11 is 1.58. The molecule has 0 fully saturated rings. The highest BCUT2D eigenvalue weighted by molar-refractivity contribution is 7.99. The second-order valence-electron chi connectivity index (χ2n) is 5.40. The maximum absolute atomic E-state index is 13.5. The molecule has 3 nitrogen and oxygen atoms in total. The van der Waals surface area contributed by atoms with E-state index in [0.29, 0.717) is 17.5 Å². The molecule has 1 aliphatic rings. The van der Waals surface area contributed by atoms with E-state index in [9.17, 15) is 17.2 Å². The summed E-state index contributed by atoms with van der Waals surface area (Å²) in [6.45, 7) is 1.54. The molecule has 23 heavy (non-hydrogen) atoms. The average Bonchev–Trinajstić information content (AvgIpc) is 2.47. The third-order valence-corrected chi connectivity index (χ3v) is 6.49. The fourth-order valence-corrected chi connectivity index (χ4v) is 5.23. The largest absolute Gasteiger partial charge is 0.241 e. The van der Waals surface area contributed by atoms with Gasteiger partial charge in [0.05, 0.1) is 4.90 Å². The van der Waals surface area contributed by atoms with Gasteiger partial charge in [0.1, 0.15) is 11.6 Å². The summed E-state index contributed by atoms with van der Waals surface area (Å²) in [6.07, 6.45) is 0.570. The Bertz CT molecular complexity index is 853. The molecule has 1 atom stereocenters. The first-order valence-corrected chi connectivity index (χ1v) is 9.54. The molecule has 0 saturated heterocycles. The van der Waals surface area contributed by atoms with Crippen molar-refractivity contribution in [1.29, 1.82) is 0 Å². The van der Waals surface area contributed by atoms with E-state index in [2.05, 4.69) is 4.72 Å². The SMILES string of the molecule is Cc1cc(F)ccc1S(=O)(=O)NC1CCSc2ccc(F)cc21. The van der Waals surface area contributed by atoms with Crippen LogP contribution in [0.3, 0.4) is 0 Å². The van der Waals surface area contributed by atoms with Gasteiger partial charge in [-0.05, 0) is 66.6 Å². The number of halogens is 2. The second kappa shape index (κ2) is 6.22. The molecule has 0 aromatic heterocycles. The van der Waals surface area contributed by atoms with Gasteiger partial charge >= 0.3 is 0 Å². The lowest BCUT2D eigenvalue weighted by Gasteiger charge is -2.26. The second-order valence-corrected chi connectivity index (χ2v) is 8.22. The van der Waals surface area contributed by atoms with Gasteiger partial charge in [-0.1, -0.05) is 0 Å². The van der Waals surface area contributed by atoms with Crippen molar-refractivity contribution in [2.24, 2.45) is 0 Å². The number of fused-ring (bicyclic) bond motifs is 1. The molecule has 0 aliphatic carbocycles. The Morgan fingerprint density at radius 2 is 1.83 bits per heavy atom. The minimum Gasteiger partial charge on any atom is -0.207 e. The zero-order chi connectivity index (χ0) is 16.6. The van der Waals surface area contributed by atoms with E-state index >= 15 is 0 Å². The van der Waals surface area contributed by atoms with Gasteiger partial charge < -0.3 is 0 Å². The highest BCUT2D eigenvalue weighted by Crippen LogP contribution is 2.37. The van der Waals surface area contributed by atoms with Crippen LogP contribution in [-0.4, -0.2) is 14.2 Å². The molecule has 0 saturated carbocycles. The Morgan fingerprint density at radius 1 is 1.13 bits per heavy atom. The van der Waals surface area contributed by atoms with Gasteiger partial charge in [-0.3, -0.25) is 0 Å². The summed E-state index contributed by atoms with van der Waals surface area (Å²) in [5.74, 6) is -0.134. The molecule has 2 aromatic rings. The molecule has 0 amide bonds. The highest BCUT2D eigenvalue weighted by atomic mass is 32.2. The lowest BCUT2D eigenvalue weighted by atomic mass is 10.0. The molecule has 1 N–H and O–H groups in total. The van der Waals surface area contributed by atoms with Gasteiger partial charge in [0.25, 0.3) is 0 Å². The molecule has 0 spiro atoms. The van der Waals surface area contributed by atoms with Crippen LogP contribution < -0.4 is 4.72 Å². The standard InChI is InChI=1S/C16H15F2NO2S2/c1-10-8-11(17)3-5-16(10)23(20,21)19-14-6-7-22-15-4-2-12(18)9-13(14)15/h2-5,8-9,14,19H,6-7H2,1H3. The lowest BCUT2D eigenvalue weighted by Crippen LogP contribution is -2.31. The maximum atomic E-state index is 13.5. The van der Waals surface area contributed by atoms with Gasteiger partial charge in [-0.15, -0.1) is 11.8 Å². The van der Waals surface area contributed by atoms with E-state index in [1.165, 1.54) is 24.3 Å². The van der Waals surface area contributed by atoms with Crippen molar-refractivity contribution >= 4 is 21.8 Å². The smallest absolute Gasteiger partial charge is 0.207 e. The number of sulfonamides is 1. The first kappa shape index (κ1) is 16.4. The molecular formula is C16H15F2NO2S2. The van der Waals surface area contributed by atoms with E-state index in [1.54, 1.807) is 24.8 Å². The van der Waals surface area contributed by atoms with Gasteiger partial charge in [-0.25, -0.2) is 21.9 Å². The summed E-state index contributed by atoms with van der Waals surface area (Å²) in [6, 6.07) is 7.45. The molecule has 2 aromatic carbocycles. The van der Waals surface area contributed by atoms with Crippen LogP contribution in [0.1, 0.15) is 23.6 Å². The predicted octanol–water partition coefficient (Wildman–Crippen LogP) is 3.79. The van der Waals surface area contributed by atoms with Crippen molar-refractivity contribution in [3.05, 3.63) is 59.2 Å². The van der Waals surface area contributed by atoms with Crippen molar-refractivity contribution in [3.63, 3.8) is 0 Å². The van der Waals surface area contributed by atoms with Crippen LogP contribution in [0.4, 0.5) is 8.78 Å². The zero-order valence-electron chi connectivity index (χ0n) is 12.3. The van der Waals surface area contributed by atoms with Crippen molar-refractivity contribution in [2.45, 2.75) is 29.2 Å². The molecule has 3 rings (SSSR count). The minimum absolute atomic E-state index is 0.0371. The van der Waals surface area contributed by atoms with Gasteiger partial charge in [-0.2, -0.15) is 0 Å². The summed E-state index contributed by atoms with van der Waals surface area (Å²) in [5.41, 5.74) is 0.978. The van der Waals surface area contributed by atoms with Crippen LogP contribution in [0.15, 0.2) is 46.2 Å². The van der Waals surface area contributed by atoms with Crippen LogP contribution in [0.2, 0.25) is 0 Å². The Balaban J connectivity index is 1.95. The number of rotatable bonds is 3. The van der Waals surface area contributed by atoms with Crippen LogP contribution in [0, 0.1) is 18.6 Å². The Kier molecular flexibility index (Phi) is 4.44. The molecule has 0 bridgehead atoms. The van der Waals surface area contributed by atoms with Crippen LogP contribution in [0.25, 0.3) is 0 Å². The fourth-order valence-electron chi connectivity index (χ4n) is 2.65. The summed E-state index contributed by atoms with van der Waals surface area (Å²) in [4.78, 5) is 0.913. The molecule has 1 aliphatic heterocycles. The van der Waals surface area contributed by atoms with Crippen LogP contribution in [0.5, 0.6) is 0 Å². The zero-order valence-corrected chi connectivity index (χ0v) is 14.0. The van der Waals surface area contributed by atoms with Crippen LogP contribution in [-0.2, 0) is 10.0 Å². The number of thioether (sulfide) groups is 1. The van der Waals surface area contributed by atoms with Crippen molar-refractivity contribution in [2.75, 3.05) is 5.75 Å². The van der Waals surface area contributed by atoms with Gasteiger partial charge in [0.15, 0.2) is 0 Å². The van der Waals surface area contributed by atoms with Crippen LogP contribution >= 0.6 is 11.8 Å².